The van der Waals surface area contributed by atoms with Gasteiger partial charge in [-0.15, -0.1) is 0 Å². The minimum Gasteiger partial charge on any atom is -0.497 e. The molecule has 0 aliphatic rings. The predicted octanol–water partition coefficient (Wildman–Crippen LogP) is 5.71. The van der Waals surface area contributed by atoms with Crippen molar-refractivity contribution >= 4 is 39.1 Å². The van der Waals surface area contributed by atoms with E-state index in [1.54, 1.807) is 66.7 Å². The Morgan fingerprint density at radius 1 is 0.841 bits per heavy atom. The van der Waals surface area contributed by atoms with Gasteiger partial charge in [0.05, 0.1) is 17.7 Å². The van der Waals surface area contributed by atoms with Gasteiger partial charge in [0.1, 0.15) is 18.3 Å². The number of nitrogens with one attached hydrogen (secondary N) is 1. The normalized spacial score (nSPS) is 11.9. The number of anilines is 1. The fourth-order valence-electron chi connectivity index (χ4n) is 4.74. The number of hydrogen-bond donors (Lipinski definition) is 1. The fourth-order valence-corrected chi connectivity index (χ4v) is 6.37. The highest BCUT2D eigenvalue weighted by molar-refractivity contribution is 7.92. The van der Waals surface area contributed by atoms with Crippen molar-refractivity contribution < 1.29 is 22.7 Å². The summed E-state index contributed by atoms with van der Waals surface area (Å²) in [5.74, 6) is -0.392. The number of carbonyl (C=O) groups is 2. The lowest BCUT2D eigenvalue weighted by atomic mass is 10.0. The first kappa shape index (κ1) is 32.6. The number of sulfonamides is 1. The van der Waals surface area contributed by atoms with Crippen LogP contribution >= 0.6 is 11.6 Å². The Labute approximate surface area is 264 Å². The summed E-state index contributed by atoms with van der Waals surface area (Å²) in [6.07, 6.45) is 0.212. The van der Waals surface area contributed by atoms with Crippen molar-refractivity contribution in [2.45, 2.75) is 43.8 Å². The number of benzene rings is 4. The Kier molecular flexibility index (Phi) is 11.0. The van der Waals surface area contributed by atoms with Crippen molar-refractivity contribution in [2.75, 3.05) is 18.0 Å². The van der Waals surface area contributed by atoms with Gasteiger partial charge in [0.2, 0.25) is 11.8 Å². The van der Waals surface area contributed by atoms with E-state index >= 15 is 0 Å². The molecule has 0 unspecified atom stereocenters. The highest BCUT2D eigenvalue weighted by Crippen LogP contribution is 2.27. The summed E-state index contributed by atoms with van der Waals surface area (Å²) in [5.41, 5.74) is 1.74. The number of amides is 2. The molecule has 230 valence electrons. The van der Waals surface area contributed by atoms with E-state index in [1.807, 2.05) is 44.2 Å². The lowest BCUT2D eigenvalue weighted by Crippen LogP contribution is -2.54. The third-order valence-electron chi connectivity index (χ3n) is 6.97. The summed E-state index contributed by atoms with van der Waals surface area (Å²) in [6.45, 7) is 3.11. The SMILES string of the molecule is COc1ccc(N(CC(=O)N(Cc2ccccc2Cl)[C@H](Cc2ccccc2)C(=O)NC(C)C)S(=O)(=O)c2ccccc2)cc1. The van der Waals surface area contributed by atoms with Gasteiger partial charge in [-0.25, -0.2) is 8.42 Å². The predicted molar refractivity (Wildman–Crippen MR) is 173 cm³/mol. The molecule has 0 spiro atoms. The molecule has 0 radical (unpaired) electrons. The smallest absolute Gasteiger partial charge is 0.264 e. The first-order chi connectivity index (χ1) is 21.1. The number of nitrogens with zero attached hydrogens (tertiary/aromatic N) is 2. The number of methoxy groups -OCH3 is 1. The second kappa shape index (κ2) is 14.9. The second-order valence-electron chi connectivity index (χ2n) is 10.5. The van der Waals surface area contributed by atoms with Crippen LogP contribution in [-0.2, 0) is 32.6 Å². The third kappa shape index (κ3) is 8.18. The van der Waals surface area contributed by atoms with Crippen molar-refractivity contribution in [1.29, 1.82) is 0 Å². The molecule has 0 aliphatic heterocycles. The molecule has 2 amide bonds. The quantitative estimate of drug-likeness (QED) is 0.204. The van der Waals surface area contributed by atoms with Gasteiger partial charge in [-0.05, 0) is 67.4 Å². The van der Waals surface area contributed by atoms with E-state index in [0.29, 0.717) is 16.3 Å². The van der Waals surface area contributed by atoms with Crippen LogP contribution in [0.1, 0.15) is 25.0 Å². The summed E-state index contributed by atoms with van der Waals surface area (Å²) < 4.78 is 34.4. The van der Waals surface area contributed by atoms with Gasteiger partial charge in [-0.1, -0.05) is 78.3 Å². The number of halogens is 1. The molecule has 0 fully saturated rings. The molecule has 0 saturated heterocycles. The van der Waals surface area contributed by atoms with Gasteiger partial charge in [0.25, 0.3) is 10.0 Å². The minimum absolute atomic E-state index is 0.0106. The Hall–Kier alpha value is -4.34. The van der Waals surface area contributed by atoms with Crippen LogP contribution in [0.2, 0.25) is 5.02 Å². The molecular formula is C34H36ClN3O5S. The molecule has 44 heavy (non-hydrogen) atoms. The van der Waals surface area contributed by atoms with E-state index in [-0.39, 0.29) is 35.5 Å². The van der Waals surface area contributed by atoms with Gasteiger partial charge < -0.3 is 15.0 Å². The number of rotatable bonds is 13. The van der Waals surface area contributed by atoms with Crippen LogP contribution in [0.25, 0.3) is 0 Å². The summed E-state index contributed by atoms with van der Waals surface area (Å²) in [4.78, 5) is 29.6. The van der Waals surface area contributed by atoms with E-state index in [4.69, 9.17) is 16.3 Å². The molecule has 1 atom stereocenters. The van der Waals surface area contributed by atoms with Crippen LogP contribution in [0, 0.1) is 0 Å². The Bertz CT molecular complexity index is 1650. The third-order valence-corrected chi connectivity index (χ3v) is 9.13. The average molecular weight is 634 g/mol. The highest BCUT2D eigenvalue weighted by atomic mass is 35.5. The lowest BCUT2D eigenvalue weighted by molar-refractivity contribution is -0.140. The van der Waals surface area contributed by atoms with Crippen LogP contribution < -0.4 is 14.4 Å². The zero-order valence-corrected chi connectivity index (χ0v) is 26.5. The van der Waals surface area contributed by atoms with Crippen LogP contribution in [0.5, 0.6) is 5.75 Å². The van der Waals surface area contributed by atoms with Gasteiger partial charge >= 0.3 is 0 Å². The van der Waals surface area contributed by atoms with Crippen LogP contribution in [0.15, 0.2) is 114 Å². The maximum absolute atomic E-state index is 14.4. The van der Waals surface area contributed by atoms with E-state index in [0.717, 1.165) is 9.87 Å². The molecule has 0 aromatic heterocycles. The van der Waals surface area contributed by atoms with E-state index < -0.39 is 28.5 Å². The van der Waals surface area contributed by atoms with E-state index in [9.17, 15) is 18.0 Å². The monoisotopic (exact) mass is 633 g/mol. The molecule has 0 bridgehead atoms. The highest BCUT2D eigenvalue weighted by Gasteiger charge is 2.35. The number of ether oxygens (including phenoxy) is 1. The maximum atomic E-state index is 14.4. The second-order valence-corrected chi connectivity index (χ2v) is 12.8. The summed E-state index contributed by atoms with van der Waals surface area (Å²) >= 11 is 6.53. The average Bonchev–Trinajstić information content (AvgIpc) is 3.03. The first-order valence-electron chi connectivity index (χ1n) is 14.2. The van der Waals surface area contributed by atoms with Gasteiger partial charge in [-0.3, -0.25) is 13.9 Å². The van der Waals surface area contributed by atoms with Crippen molar-refractivity contribution in [1.82, 2.24) is 10.2 Å². The van der Waals surface area contributed by atoms with Crippen molar-refractivity contribution in [3.05, 3.63) is 125 Å². The number of hydrogen-bond acceptors (Lipinski definition) is 5. The summed E-state index contributed by atoms with van der Waals surface area (Å²) in [7, 11) is -2.68. The first-order valence-corrected chi connectivity index (χ1v) is 16.0. The number of carbonyl (C=O) groups excluding carboxylic acids is 2. The molecule has 1 N–H and O–H groups in total. The summed E-state index contributed by atoms with van der Waals surface area (Å²) in [6, 6.07) is 29.6. The Morgan fingerprint density at radius 3 is 2.02 bits per heavy atom. The molecule has 8 nitrogen and oxygen atoms in total. The minimum atomic E-state index is -4.19. The maximum Gasteiger partial charge on any atom is 0.264 e. The van der Waals surface area contributed by atoms with Gasteiger partial charge in [0, 0.05) is 24.0 Å². The largest absolute Gasteiger partial charge is 0.497 e. The zero-order valence-electron chi connectivity index (χ0n) is 24.9. The van der Waals surface area contributed by atoms with Crippen LogP contribution in [0.3, 0.4) is 0 Å². The van der Waals surface area contributed by atoms with E-state index in [1.165, 1.54) is 24.1 Å². The molecule has 0 heterocycles. The fraction of sp³-hybridized carbons (Fsp3) is 0.235. The van der Waals surface area contributed by atoms with Crippen LogP contribution in [-0.4, -0.2) is 50.9 Å². The molecule has 0 saturated carbocycles. The molecule has 4 rings (SSSR count). The standard InChI is InChI=1S/C34H36ClN3O5S/c1-25(2)36-34(40)32(22-26-12-6-4-7-13-26)37(23-27-14-10-11-17-31(27)35)33(39)24-38(28-18-20-29(43-3)21-19-28)44(41,42)30-15-8-5-9-16-30/h4-21,25,32H,22-24H2,1-3H3,(H,36,40)/t32-/m1/s1. The summed E-state index contributed by atoms with van der Waals surface area (Å²) in [5, 5.41) is 3.37. The molecule has 4 aromatic carbocycles. The van der Waals surface area contributed by atoms with Crippen molar-refractivity contribution in [3.63, 3.8) is 0 Å². The molecule has 4 aromatic rings. The van der Waals surface area contributed by atoms with E-state index in [2.05, 4.69) is 5.32 Å². The Morgan fingerprint density at radius 2 is 1.43 bits per heavy atom. The van der Waals surface area contributed by atoms with Crippen LogP contribution in [0.4, 0.5) is 5.69 Å². The zero-order chi connectivity index (χ0) is 31.7. The lowest BCUT2D eigenvalue weighted by Gasteiger charge is -2.34. The molecule has 0 aliphatic carbocycles. The Balaban J connectivity index is 1.81. The topological polar surface area (TPSA) is 96.0 Å². The van der Waals surface area contributed by atoms with Gasteiger partial charge in [0.15, 0.2) is 0 Å². The molecular weight excluding hydrogens is 598 g/mol. The molecule has 10 heteroatoms. The van der Waals surface area contributed by atoms with Gasteiger partial charge in [-0.2, -0.15) is 0 Å². The van der Waals surface area contributed by atoms with Crippen molar-refractivity contribution in [3.8, 4) is 5.75 Å². The van der Waals surface area contributed by atoms with Crippen molar-refractivity contribution in [2.24, 2.45) is 0 Å².